The van der Waals surface area contributed by atoms with Crippen LogP contribution in [0.2, 0.25) is 5.02 Å². The van der Waals surface area contributed by atoms with E-state index in [1.54, 1.807) is 30.6 Å². The molecular weight excluding hydrogens is 445 g/mol. The van der Waals surface area contributed by atoms with Crippen molar-refractivity contribution in [2.75, 3.05) is 13.2 Å². The zero-order valence-electron chi connectivity index (χ0n) is 17.6. The number of hydrogen-bond donors (Lipinski definition) is 2. The molecule has 0 fully saturated rings. The maximum absolute atomic E-state index is 13.4. The second kappa shape index (κ2) is 9.46. The van der Waals surface area contributed by atoms with Gasteiger partial charge in [-0.15, -0.1) is 0 Å². The molecule has 3 aliphatic rings. The molecule has 1 aliphatic carbocycles. The van der Waals surface area contributed by atoms with E-state index in [4.69, 9.17) is 26.1 Å². The van der Waals surface area contributed by atoms with Gasteiger partial charge in [0.05, 0.1) is 29.5 Å². The van der Waals surface area contributed by atoms with Gasteiger partial charge in [-0.1, -0.05) is 23.7 Å². The van der Waals surface area contributed by atoms with Gasteiger partial charge in [-0.25, -0.2) is 19.4 Å². The van der Waals surface area contributed by atoms with Crippen LogP contribution in [0.15, 0.2) is 81.0 Å². The molecule has 33 heavy (non-hydrogen) atoms. The molecule has 0 radical (unpaired) electrons. The zero-order valence-corrected chi connectivity index (χ0v) is 18.3. The lowest BCUT2D eigenvalue weighted by atomic mass is 9.92. The quantitative estimate of drug-likeness (QED) is 0.682. The fourth-order valence-corrected chi connectivity index (χ4v) is 3.92. The molecule has 0 saturated heterocycles. The standard InChI is InChI=1S/C24H21ClFN5O2/c25-20-12-18(5-7-22(20)33-13-15-2-1-3-16(26)10-15)30-23-19-11-17(31-24-27-8-9-32-24)4-6-21(19)28-14-29-23/h1-7,10,12,14,19H,8-9,11,13H2,(H,27,31)(H,28,29,30). The topological polar surface area (TPSA) is 79.6 Å². The van der Waals surface area contributed by atoms with Crippen LogP contribution in [0.3, 0.4) is 0 Å². The number of nitrogens with one attached hydrogen (secondary N) is 2. The first-order valence-electron chi connectivity index (χ1n) is 10.5. The summed E-state index contributed by atoms with van der Waals surface area (Å²) in [5, 5.41) is 6.84. The number of fused-ring (bicyclic) bond motifs is 1. The molecule has 2 N–H and O–H groups in total. The molecule has 2 aromatic carbocycles. The van der Waals surface area contributed by atoms with Crippen LogP contribution in [0.4, 0.5) is 10.1 Å². The Morgan fingerprint density at radius 2 is 2.18 bits per heavy atom. The van der Waals surface area contributed by atoms with E-state index in [0.29, 0.717) is 47.9 Å². The molecule has 0 bridgehead atoms. The van der Waals surface area contributed by atoms with Crippen LogP contribution in [0.5, 0.6) is 5.75 Å². The number of hydrogen-bond acceptors (Lipinski definition) is 6. The number of nitrogens with zero attached hydrogens (tertiary/aromatic N) is 3. The van der Waals surface area contributed by atoms with E-state index < -0.39 is 0 Å². The number of aliphatic imine (C=N–C) groups is 3. The molecule has 7 nitrogen and oxygen atoms in total. The second-order valence-corrected chi connectivity index (χ2v) is 8.04. The van der Waals surface area contributed by atoms with Gasteiger partial charge in [0.25, 0.3) is 6.02 Å². The van der Waals surface area contributed by atoms with Gasteiger partial charge in [0.1, 0.15) is 30.6 Å². The maximum atomic E-state index is 13.4. The summed E-state index contributed by atoms with van der Waals surface area (Å²) in [6.07, 6.45) is 6.32. The van der Waals surface area contributed by atoms with Crippen molar-refractivity contribution in [3.8, 4) is 5.75 Å². The highest BCUT2D eigenvalue weighted by atomic mass is 35.5. The lowest BCUT2D eigenvalue weighted by Gasteiger charge is -2.27. The summed E-state index contributed by atoms with van der Waals surface area (Å²) in [6, 6.07) is 12.1. The van der Waals surface area contributed by atoms with E-state index >= 15 is 0 Å². The number of ether oxygens (including phenoxy) is 2. The lowest BCUT2D eigenvalue weighted by Crippen LogP contribution is -2.35. The van der Waals surface area contributed by atoms with Gasteiger partial charge < -0.3 is 20.1 Å². The van der Waals surface area contributed by atoms with E-state index in [1.807, 2.05) is 18.2 Å². The summed E-state index contributed by atoms with van der Waals surface area (Å²) < 4.78 is 24.6. The number of amidine groups is 2. The van der Waals surface area contributed by atoms with Crippen LogP contribution in [-0.2, 0) is 11.3 Å². The monoisotopic (exact) mass is 465 g/mol. The smallest absolute Gasteiger partial charge is 0.289 e. The third-order valence-corrected chi connectivity index (χ3v) is 5.59. The Bertz CT molecular complexity index is 1220. The Balaban J connectivity index is 1.29. The van der Waals surface area contributed by atoms with Gasteiger partial charge in [-0.2, -0.15) is 0 Å². The third-order valence-electron chi connectivity index (χ3n) is 5.30. The number of benzene rings is 2. The van der Waals surface area contributed by atoms with Crippen LogP contribution in [-0.4, -0.2) is 31.3 Å². The molecule has 0 amide bonds. The van der Waals surface area contributed by atoms with Gasteiger partial charge in [0.2, 0.25) is 0 Å². The average molecular weight is 466 g/mol. The molecule has 2 aromatic rings. The molecule has 2 heterocycles. The summed E-state index contributed by atoms with van der Waals surface area (Å²) in [6.45, 7) is 1.48. The highest BCUT2D eigenvalue weighted by molar-refractivity contribution is 6.32. The molecule has 2 aliphatic heterocycles. The molecule has 168 valence electrons. The molecule has 1 unspecified atom stereocenters. The van der Waals surface area contributed by atoms with Crippen molar-refractivity contribution in [2.24, 2.45) is 20.9 Å². The first-order valence-corrected chi connectivity index (χ1v) is 10.9. The Morgan fingerprint density at radius 1 is 1.24 bits per heavy atom. The van der Waals surface area contributed by atoms with Gasteiger partial charge in [-0.05, 0) is 48.0 Å². The minimum atomic E-state index is -0.302. The van der Waals surface area contributed by atoms with Crippen LogP contribution in [0.25, 0.3) is 0 Å². The van der Waals surface area contributed by atoms with Gasteiger partial charge >= 0.3 is 0 Å². The predicted molar refractivity (Wildman–Crippen MR) is 127 cm³/mol. The van der Waals surface area contributed by atoms with E-state index in [0.717, 1.165) is 17.0 Å². The summed E-state index contributed by atoms with van der Waals surface area (Å²) in [5.41, 5.74) is 3.39. The van der Waals surface area contributed by atoms with Crippen molar-refractivity contribution in [3.05, 3.63) is 82.4 Å². The van der Waals surface area contributed by atoms with Crippen LogP contribution >= 0.6 is 11.6 Å². The minimum Gasteiger partial charge on any atom is -0.487 e. The predicted octanol–water partition coefficient (Wildman–Crippen LogP) is 4.48. The number of halogens is 2. The van der Waals surface area contributed by atoms with Crippen LogP contribution < -0.4 is 15.4 Å². The molecule has 1 atom stereocenters. The Labute approximate surface area is 195 Å². The number of rotatable bonds is 5. The fourth-order valence-electron chi connectivity index (χ4n) is 3.69. The highest BCUT2D eigenvalue weighted by Gasteiger charge is 2.27. The van der Waals surface area contributed by atoms with Gasteiger partial charge in [0.15, 0.2) is 0 Å². The largest absolute Gasteiger partial charge is 0.487 e. The minimum absolute atomic E-state index is 0.0350. The van der Waals surface area contributed by atoms with Crippen molar-refractivity contribution in [2.45, 2.75) is 13.0 Å². The fraction of sp³-hybridized carbons (Fsp3) is 0.208. The van der Waals surface area contributed by atoms with Crippen molar-refractivity contribution in [1.29, 1.82) is 0 Å². The SMILES string of the molecule is Fc1cccc(COc2ccc(N=C3N=CNC4=CC=C(NC5=NCCO5)CC43)cc2Cl)c1. The van der Waals surface area contributed by atoms with E-state index in [1.165, 1.54) is 12.1 Å². The lowest BCUT2D eigenvalue weighted by molar-refractivity contribution is 0.306. The van der Waals surface area contributed by atoms with Crippen LogP contribution in [0.1, 0.15) is 12.0 Å². The first-order chi connectivity index (χ1) is 16.1. The summed E-state index contributed by atoms with van der Waals surface area (Å²) in [7, 11) is 0. The van der Waals surface area contributed by atoms with Crippen molar-refractivity contribution < 1.29 is 13.9 Å². The summed E-state index contributed by atoms with van der Waals surface area (Å²) in [5.74, 6) is 0.839. The second-order valence-electron chi connectivity index (χ2n) is 7.64. The third kappa shape index (κ3) is 5.06. The molecule has 0 spiro atoms. The first kappa shape index (κ1) is 21.2. The average Bonchev–Trinajstić information content (AvgIpc) is 3.32. The zero-order chi connectivity index (χ0) is 22.6. The Morgan fingerprint density at radius 3 is 3.00 bits per heavy atom. The van der Waals surface area contributed by atoms with Crippen LogP contribution in [0, 0.1) is 11.7 Å². The molecule has 5 rings (SSSR count). The van der Waals surface area contributed by atoms with Gasteiger partial charge in [0, 0.05) is 17.8 Å². The molecule has 0 saturated carbocycles. The van der Waals surface area contributed by atoms with E-state index in [2.05, 4.69) is 20.6 Å². The normalized spacial score (nSPS) is 20.2. The van der Waals surface area contributed by atoms with Crippen molar-refractivity contribution >= 4 is 35.5 Å². The van der Waals surface area contributed by atoms with Gasteiger partial charge in [-0.3, -0.25) is 0 Å². The van der Waals surface area contributed by atoms with Crippen molar-refractivity contribution in [3.63, 3.8) is 0 Å². The summed E-state index contributed by atoms with van der Waals surface area (Å²) in [4.78, 5) is 13.5. The highest BCUT2D eigenvalue weighted by Crippen LogP contribution is 2.32. The number of allylic oxidation sites excluding steroid dienone is 3. The molecular formula is C24H21ClFN5O2. The molecule has 0 aromatic heterocycles. The van der Waals surface area contributed by atoms with Crippen molar-refractivity contribution in [1.82, 2.24) is 10.6 Å². The van der Waals surface area contributed by atoms with E-state index in [-0.39, 0.29) is 18.3 Å². The summed E-state index contributed by atoms with van der Waals surface area (Å²) >= 11 is 6.42. The Hall–Kier alpha value is -3.65. The Kier molecular flexibility index (Phi) is 6.08. The maximum Gasteiger partial charge on any atom is 0.289 e. The molecule has 9 heteroatoms. The van der Waals surface area contributed by atoms with E-state index in [9.17, 15) is 4.39 Å².